The Balaban J connectivity index is 1.46. The van der Waals surface area contributed by atoms with Gasteiger partial charge in [0, 0.05) is 5.69 Å². The Bertz CT molecular complexity index is 908. The molecule has 0 aliphatic heterocycles. The highest BCUT2D eigenvalue weighted by atomic mass is 32.1. The fourth-order valence-electron chi connectivity index (χ4n) is 2.44. The molecule has 0 amide bonds. The molecule has 0 bridgehead atoms. The first-order valence-corrected chi connectivity index (χ1v) is 9.03. The molecule has 0 saturated carbocycles. The molecule has 0 aromatic heterocycles. The first-order valence-electron chi connectivity index (χ1n) is 8.62. The Morgan fingerprint density at radius 1 is 1.00 bits per heavy atom. The Kier molecular flexibility index (Phi) is 6.55. The van der Waals surface area contributed by atoms with E-state index in [0.29, 0.717) is 11.7 Å². The first-order chi connectivity index (χ1) is 13.2. The molecule has 3 rings (SSSR count). The zero-order chi connectivity index (χ0) is 18.9. The lowest BCUT2D eigenvalue weighted by Crippen LogP contribution is -2.23. The van der Waals surface area contributed by atoms with Crippen LogP contribution in [0, 0.1) is 6.92 Å². The maximum Gasteiger partial charge on any atom is 0.191 e. The van der Waals surface area contributed by atoms with Crippen LogP contribution in [0.2, 0.25) is 0 Å². The monoisotopic (exact) mass is 375 g/mol. The van der Waals surface area contributed by atoms with E-state index in [4.69, 9.17) is 17.0 Å². The van der Waals surface area contributed by atoms with E-state index >= 15 is 0 Å². The Labute approximate surface area is 164 Å². The van der Waals surface area contributed by atoms with E-state index in [1.54, 1.807) is 6.21 Å². The molecule has 0 aliphatic rings. The summed E-state index contributed by atoms with van der Waals surface area (Å²) in [6.07, 6.45) is 1.71. The molecule has 27 heavy (non-hydrogen) atoms. The van der Waals surface area contributed by atoms with Gasteiger partial charge < -0.3 is 10.1 Å². The number of aryl methyl sites for hydroxylation is 1. The van der Waals surface area contributed by atoms with E-state index in [1.165, 1.54) is 5.56 Å². The maximum absolute atomic E-state index is 5.77. The number of hydrogen-bond donors (Lipinski definition) is 2. The summed E-state index contributed by atoms with van der Waals surface area (Å²) in [5.74, 6) is 0.820. The Morgan fingerprint density at radius 3 is 2.52 bits per heavy atom. The second-order valence-electron chi connectivity index (χ2n) is 6.04. The predicted octanol–water partition coefficient (Wildman–Crippen LogP) is 4.89. The molecule has 4 nitrogen and oxygen atoms in total. The third-order valence-electron chi connectivity index (χ3n) is 3.78. The van der Waals surface area contributed by atoms with Crippen LogP contribution >= 0.6 is 12.2 Å². The summed E-state index contributed by atoms with van der Waals surface area (Å²) in [7, 11) is 0. The number of ether oxygens (including phenoxy) is 1. The van der Waals surface area contributed by atoms with E-state index in [1.807, 2.05) is 85.8 Å². The normalized spacial score (nSPS) is 10.6. The Hall–Kier alpha value is -3.18. The summed E-state index contributed by atoms with van der Waals surface area (Å²) >= 11 is 5.24. The molecule has 0 saturated heterocycles. The van der Waals surface area contributed by atoms with Crippen LogP contribution in [0.4, 0.5) is 5.69 Å². The highest BCUT2D eigenvalue weighted by Gasteiger charge is 1.97. The van der Waals surface area contributed by atoms with E-state index in [9.17, 15) is 0 Å². The van der Waals surface area contributed by atoms with Gasteiger partial charge in [-0.05, 0) is 72.2 Å². The van der Waals surface area contributed by atoms with E-state index in [0.717, 1.165) is 22.6 Å². The molecule has 3 aromatic carbocycles. The zero-order valence-electron chi connectivity index (χ0n) is 15.1. The van der Waals surface area contributed by atoms with Gasteiger partial charge in [-0.25, -0.2) is 0 Å². The van der Waals surface area contributed by atoms with Crippen molar-refractivity contribution >= 4 is 29.2 Å². The van der Waals surface area contributed by atoms with E-state index in [-0.39, 0.29) is 0 Å². The minimum Gasteiger partial charge on any atom is -0.489 e. The van der Waals surface area contributed by atoms with Gasteiger partial charge in [0.05, 0.1) is 6.21 Å². The third-order valence-corrected chi connectivity index (χ3v) is 3.98. The van der Waals surface area contributed by atoms with Crippen molar-refractivity contribution in [2.24, 2.45) is 5.10 Å². The standard InChI is InChI=1S/C22H21N3OS/c1-17-6-5-9-20(14-17)24-22(27)25-23-15-18-10-12-21(13-11-18)26-16-19-7-3-2-4-8-19/h2-15H,16H2,1H3,(H2,24,25,27)/b23-15+. The SMILES string of the molecule is Cc1cccc(NC(=S)N/N=C/c2ccc(OCc3ccccc3)cc2)c1. The van der Waals surface area contributed by atoms with Gasteiger partial charge in [0.15, 0.2) is 5.11 Å². The molecule has 136 valence electrons. The average molecular weight is 375 g/mol. The Morgan fingerprint density at radius 2 is 1.78 bits per heavy atom. The van der Waals surface area contributed by atoms with Crippen molar-refractivity contribution in [3.63, 3.8) is 0 Å². The molecule has 0 atom stereocenters. The summed E-state index contributed by atoms with van der Waals surface area (Å²) < 4.78 is 5.77. The van der Waals surface area contributed by atoms with Crippen LogP contribution < -0.4 is 15.5 Å². The van der Waals surface area contributed by atoms with Crippen molar-refractivity contribution in [1.82, 2.24) is 5.43 Å². The minimum atomic E-state index is 0.444. The van der Waals surface area contributed by atoms with Gasteiger partial charge in [-0.3, -0.25) is 5.43 Å². The minimum absolute atomic E-state index is 0.444. The highest BCUT2D eigenvalue weighted by molar-refractivity contribution is 7.80. The van der Waals surface area contributed by atoms with Crippen molar-refractivity contribution in [3.8, 4) is 5.75 Å². The van der Waals surface area contributed by atoms with Crippen molar-refractivity contribution in [3.05, 3.63) is 95.6 Å². The highest BCUT2D eigenvalue weighted by Crippen LogP contribution is 2.13. The van der Waals surface area contributed by atoms with Gasteiger partial charge in [0.25, 0.3) is 0 Å². The quantitative estimate of drug-likeness (QED) is 0.366. The molecular formula is C22H21N3OS. The molecule has 0 fully saturated rings. The molecule has 0 radical (unpaired) electrons. The van der Waals surface area contributed by atoms with E-state index in [2.05, 4.69) is 15.8 Å². The largest absolute Gasteiger partial charge is 0.489 e. The van der Waals surface area contributed by atoms with Gasteiger partial charge in [0.2, 0.25) is 0 Å². The third kappa shape index (κ3) is 6.24. The molecule has 0 spiro atoms. The molecule has 3 aromatic rings. The average Bonchev–Trinajstić information content (AvgIpc) is 2.68. The summed E-state index contributed by atoms with van der Waals surface area (Å²) in [5, 5.41) is 7.70. The van der Waals surface area contributed by atoms with Crippen LogP contribution in [0.5, 0.6) is 5.75 Å². The van der Waals surface area contributed by atoms with Crippen molar-refractivity contribution in [2.75, 3.05) is 5.32 Å². The van der Waals surface area contributed by atoms with Crippen molar-refractivity contribution in [2.45, 2.75) is 13.5 Å². The predicted molar refractivity (Wildman–Crippen MR) is 115 cm³/mol. The second-order valence-corrected chi connectivity index (χ2v) is 6.45. The van der Waals surface area contributed by atoms with Gasteiger partial charge in [-0.15, -0.1) is 0 Å². The molecular weight excluding hydrogens is 354 g/mol. The molecule has 0 unspecified atom stereocenters. The maximum atomic E-state index is 5.77. The molecule has 0 heterocycles. The number of nitrogens with zero attached hydrogens (tertiary/aromatic N) is 1. The summed E-state index contributed by atoms with van der Waals surface area (Å²) in [6.45, 7) is 2.59. The fraction of sp³-hybridized carbons (Fsp3) is 0.0909. The zero-order valence-corrected chi connectivity index (χ0v) is 15.9. The van der Waals surface area contributed by atoms with Gasteiger partial charge in [0.1, 0.15) is 12.4 Å². The molecule has 0 aliphatic carbocycles. The molecule has 2 N–H and O–H groups in total. The lowest BCUT2D eigenvalue weighted by atomic mass is 10.2. The van der Waals surface area contributed by atoms with Crippen LogP contribution in [-0.4, -0.2) is 11.3 Å². The van der Waals surface area contributed by atoms with Gasteiger partial charge in [-0.2, -0.15) is 5.10 Å². The topological polar surface area (TPSA) is 45.7 Å². The van der Waals surface area contributed by atoms with Gasteiger partial charge in [-0.1, -0.05) is 42.5 Å². The van der Waals surface area contributed by atoms with Crippen LogP contribution in [0.3, 0.4) is 0 Å². The van der Waals surface area contributed by atoms with Crippen molar-refractivity contribution in [1.29, 1.82) is 0 Å². The number of anilines is 1. The number of hydrazone groups is 1. The summed E-state index contributed by atoms with van der Waals surface area (Å²) in [4.78, 5) is 0. The van der Waals surface area contributed by atoms with Crippen molar-refractivity contribution < 1.29 is 4.74 Å². The number of rotatable bonds is 6. The van der Waals surface area contributed by atoms with Crippen LogP contribution in [0.15, 0.2) is 84.0 Å². The molecule has 5 heteroatoms. The van der Waals surface area contributed by atoms with Gasteiger partial charge >= 0.3 is 0 Å². The summed E-state index contributed by atoms with van der Waals surface area (Å²) in [5.41, 5.74) is 7.01. The smallest absolute Gasteiger partial charge is 0.191 e. The number of hydrogen-bond acceptors (Lipinski definition) is 3. The lowest BCUT2D eigenvalue weighted by molar-refractivity contribution is 0.306. The number of nitrogens with one attached hydrogen (secondary N) is 2. The van der Waals surface area contributed by atoms with Crippen LogP contribution in [0.25, 0.3) is 0 Å². The van der Waals surface area contributed by atoms with Crippen LogP contribution in [-0.2, 0) is 6.61 Å². The fourth-order valence-corrected chi connectivity index (χ4v) is 2.61. The van der Waals surface area contributed by atoms with E-state index < -0.39 is 0 Å². The second kappa shape index (κ2) is 9.50. The summed E-state index contributed by atoms with van der Waals surface area (Å²) in [6, 6.07) is 25.8. The number of benzene rings is 3. The van der Waals surface area contributed by atoms with Crippen LogP contribution in [0.1, 0.15) is 16.7 Å². The lowest BCUT2D eigenvalue weighted by Gasteiger charge is -2.07. The first kappa shape index (κ1) is 18.6. The number of thiocarbonyl (C=S) groups is 1.